The molecular formula is C16H30N2O2. The van der Waals surface area contributed by atoms with Gasteiger partial charge in [-0.3, -0.25) is 4.79 Å². The maximum Gasteiger partial charge on any atom is 0.240 e. The van der Waals surface area contributed by atoms with Crippen molar-refractivity contribution in [2.24, 2.45) is 5.92 Å². The van der Waals surface area contributed by atoms with E-state index in [4.69, 9.17) is 0 Å². The van der Waals surface area contributed by atoms with E-state index in [1.165, 1.54) is 0 Å². The molecule has 1 heterocycles. The minimum absolute atomic E-state index is 0.0632. The Morgan fingerprint density at radius 1 is 1.35 bits per heavy atom. The first-order valence-electron chi connectivity index (χ1n) is 8.24. The third kappa shape index (κ3) is 3.17. The van der Waals surface area contributed by atoms with Crippen molar-refractivity contribution in [3.63, 3.8) is 0 Å². The first-order valence-corrected chi connectivity index (χ1v) is 8.24. The Labute approximate surface area is 122 Å². The fourth-order valence-corrected chi connectivity index (χ4v) is 3.75. The van der Waals surface area contributed by atoms with Crippen molar-refractivity contribution in [2.45, 2.75) is 76.3 Å². The molecule has 4 heteroatoms. The van der Waals surface area contributed by atoms with Crippen molar-refractivity contribution in [2.75, 3.05) is 13.2 Å². The van der Waals surface area contributed by atoms with E-state index in [1.807, 2.05) is 0 Å². The van der Waals surface area contributed by atoms with Gasteiger partial charge in [0.1, 0.15) is 0 Å². The van der Waals surface area contributed by atoms with Crippen LogP contribution in [0.15, 0.2) is 0 Å². The predicted molar refractivity (Wildman–Crippen MR) is 80.5 cm³/mol. The summed E-state index contributed by atoms with van der Waals surface area (Å²) in [7, 11) is 0. The summed E-state index contributed by atoms with van der Waals surface area (Å²) in [6, 6.07) is 0. The number of hydrogen-bond acceptors (Lipinski definition) is 3. The first-order chi connectivity index (χ1) is 9.56. The van der Waals surface area contributed by atoms with Crippen LogP contribution in [0.2, 0.25) is 0 Å². The zero-order valence-corrected chi connectivity index (χ0v) is 13.0. The van der Waals surface area contributed by atoms with Gasteiger partial charge in [-0.15, -0.1) is 0 Å². The molecule has 1 amide bonds. The standard InChI is InChI=1S/C16H30N2O2/c1-3-7-16(8-4-11-17-16)14(20)18-15(12-19)9-5-13(2)6-10-15/h13,17,19H,3-12H2,1-2H3,(H,18,20). The molecule has 1 saturated heterocycles. The van der Waals surface area contributed by atoms with Crippen LogP contribution >= 0.6 is 0 Å². The Bertz CT molecular complexity index is 329. The molecule has 0 spiro atoms. The molecule has 0 aromatic carbocycles. The lowest BCUT2D eigenvalue weighted by Gasteiger charge is -2.41. The highest BCUT2D eigenvalue weighted by Crippen LogP contribution is 2.33. The molecule has 4 nitrogen and oxygen atoms in total. The van der Waals surface area contributed by atoms with Crippen LogP contribution in [0.4, 0.5) is 0 Å². The molecule has 20 heavy (non-hydrogen) atoms. The fraction of sp³-hybridized carbons (Fsp3) is 0.938. The summed E-state index contributed by atoms with van der Waals surface area (Å²) in [4.78, 5) is 12.8. The lowest BCUT2D eigenvalue weighted by atomic mass is 9.76. The van der Waals surface area contributed by atoms with Gasteiger partial charge >= 0.3 is 0 Å². The Kier molecular flexibility index (Phi) is 5.08. The van der Waals surface area contributed by atoms with Crippen LogP contribution < -0.4 is 10.6 Å². The third-order valence-electron chi connectivity index (χ3n) is 5.27. The van der Waals surface area contributed by atoms with E-state index in [-0.39, 0.29) is 23.6 Å². The van der Waals surface area contributed by atoms with E-state index in [9.17, 15) is 9.90 Å². The van der Waals surface area contributed by atoms with Gasteiger partial charge in [0, 0.05) is 0 Å². The average Bonchev–Trinajstić information content (AvgIpc) is 2.92. The highest BCUT2D eigenvalue weighted by molar-refractivity contribution is 5.87. The smallest absolute Gasteiger partial charge is 0.240 e. The molecule has 0 radical (unpaired) electrons. The molecule has 116 valence electrons. The van der Waals surface area contributed by atoms with Crippen LogP contribution in [-0.2, 0) is 4.79 Å². The van der Waals surface area contributed by atoms with Gasteiger partial charge < -0.3 is 15.7 Å². The molecule has 0 aromatic heterocycles. The van der Waals surface area contributed by atoms with E-state index in [1.54, 1.807) is 0 Å². The highest BCUT2D eigenvalue weighted by Gasteiger charge is 2.44. The van der Waals surface area contributed by atoms with E-state index in [2.05, 4.69) is 24.5 Å². The number of carbonyl (C=O) groups is 1. The second-order valence-corrected chi connectivity index (χ2v) is 6.94. The molecule has 0 bridgehead atoms. The number of amides is 1. The van der Waals surface area contributed by atoms with Crippen LogP contribution in [0.1, 0.15) is 65.2 Å². The van der Waals surface area contributed by atoms with Gasteiger partial charge in [0.25, 0.3) is 0 Å². The van der Waals surface area contributed by atoms with Crippen molar-refractivity contribution < 1.29 is 9.90 Å². The molecule has 1 aliphatic heterocycles. The average molecular weight is 282 g/mol. The summed E-state index contributed by atoms with van der Waals surface area (Å²) < 4.78 is 0. The first kappa shape index (κ1) is 15.8. The topological polar surface area (TPSA) is 61.4 Å². The molecule has 1 saturated carbocycles. The normalized spacial score (nSPS) is 37.9. The quantitative estimate of drug-likeness (QED) is 0.722. The van der Waals surface area contributed by atoms with Gasteiger partial charge in [0.2, 0.25) is 5.91 Å². The minimum Gasteiger partial charge on any atom is -0.394 e. The summed E-state index contributed by atoms with van der Waals surface area (Å²) in [6.07, 6.45) is 7.86. The molecule has 2 aliphatic rings. The van der Waals surface area contributed by atoms with Crippen molar-refractivity contribution in [3.8, 4) is 0 Å². The van der Waals surface area contributed by atoms with E-state index in [0.29, 0.717) is 5.92 Å². The lowest BCUT2D eigenvalue weighted by molar-refractivity contribution is -0.130. The van der Waals surface area contributed by atoms with Crippen molar-refractivity contribution >= 4 is 5.91 Å². The van der Waals surface area contributed by atoms with Gasteiger partial charge in [0.15, 0.2) is 0 Å². The second kappa shape index (κ2) is 6.44. The van der Waals surface area contributed by atoms with Crippen molar-refractivity contribution in [3.05, 3.63) is 0 Å². The second-order valence-electron chi connectivity index (χ2n) is 6.94. The van der Waals surface area contributed by atoms with E-state index < -0.39 is 0 Å². The molecule has 2 fully saturated rings. The van der Waals surface area contributed by atoms with Gasteiger partial charge in [0.05, 0.1) is 17.7 Å². The van der Waals surface area contributed by atoms with Crippen molar-refractivity contribution in [1.29, 1.82) is 0 Å². The maximum atomic E-state index is 12.8. The van der Waals surface area contributed by atoms with E-state index in [0.717, 1.165) is 57.9 Å². The summed E-state index contributed by atoms with van der Waals surface area (Å²) in [5.41, 5.74) is -0.769. The van der Waals surface area contributed by atoms with Gasteiger partial charge in [-0.25, -0.2) is 0 Å². The maximum absolute atomic E-state index is 12.8. The van der Waals surface area contributed by atoms with Crippen LogP contribution in [0.25, 0.3) is 0 Å². The molecule has 1 unspecified atom stereocenters. The van der Waals surface area contributed by atoms with Crippen LogP contribution in [0, 0.1) is 5.92 Å². The van der Waals surface area contributed by atoms with Crippen LogP contribution in [-0.4, -0.2) is 35.2 Å². The monoisotopic (exact) mass is 282 g/mol. The molecular weight excluding hydrogens is 252 g/mol. The number of nitrogens with one attached hydrogen (secondary N) is 2. The molecule has 3 N–H and O–H groups in total. The van der Waals surface area contributed by atoms with Gasteiger partial charge in [-0.05, 0) is 57.4 Å². The fourth-order valence-electron chi connectivity index (χ4n) is 3.75. The number of carbonyl (C=O) groups excluding carboxylic acids is 1. The largest absolute Gasteiger partial charge is 0.394 e. The molecule has 2 rings (SSSR count). The zero-order valence-electron chi connectivity index (χ0n) is 13.0. The molecule has 0 aromatic rings. The summed E-state index contributed by atoms with van der Waals surface area (Å²) in [5, 5.41) is 16.4. The summed E-state index contributed by atoms with van der Waals surface area (Å²) in [5.74, 6) is 0.821. The highest BCUT2D eigenvalue weighted by atomic mass is 16.3. The van der Waals surface area contributed by atoms with Gasteiger partial charge in [-0.1, -0.05) is 20.3 Å². The Hall–Kier alpha value is -0.610. The molecule has 1 aliphatic carbocycles. The number of hydrogen-bond donors (Lipinski definition) is 3. The van der Waals surface area contributed by atoms with Gasteiger partial charge in [-0.2, -0.15) is 0 Å². The zero-order chi connectivity index (χ0) is 14.6. The predicted octanol–water partition coefficient (Wildman–Crippen LogP) is 1.97. The number of aliphatic hydroxyl groups is 1. The SMILES string of the molecule is CCCC1(C(=O)NC2(CO)CCC(C)CC2)CCCN1. The Morgan fingerprint density at radius 2 is 2.05 bits per heavy atom. The summed E-state index contributed by atoms with van der Waals surface area (Å²) in [6.45, 7) is 5.36. The van der Waals surface area contributed by atoms with Crippen LogP contribution in [0.5, 0.6) is 0 Å². The van der Waals surface area contributed by atoms with Crippen LogP contribution in [0.3, 0.4) is 0 Å². The Balaban J connectivity index is 2.04. The van der Waals surface area contributed by atoms with E-state index >= 15 is 0 Å². The molecule has 1 atom stereocenters. The summed E-state index contributed by atoms with van der Waals surface area (Å²) >= 11 is 0. The van der Waals surface area contributed by atoms with Crippen molar-refractivity contribution in [1.82, 2.24) is 10.6 Å². The lowest BCUT2D eigenvalue weighted by Crippen LogP contribution is -2.62. The Morgan fingerprint density at radius 3 is 2.55 bits per heavy atom. The minimum atomic E-state index is -0.389. The number of aliphatic hydroxyl groups excluding tert-OH is 1. The number of rotatable bonds is 5. The third-order valence-corrected chi connectivity index (χ3v) is 5.27.